The average molecular weight is 186 g/mol. The van der Waals surface area contributed by atoms with Crippen LogP contribution in [0.4, 0.5) is 0 Å². The van der Waals surface area contributed by atoms with Crippen molar-refractivity contribution in [2.75, 3.05) is 6.61 Å². The molecule has 0 unspecified atom stereocenters. The Morgan fingerprint density at radius 2 is 2.14 bits per heavy atom. The predicted octanol–water partition coefficient (Wildman–Crippen LogP) is 2.17. The van der Waals surface area contributed by atoms with E-state index in [2.05, 4.69) is 11.8 Å². The van der Waals surface area contributed by atoms with Crippen LogP contribution < -0.4 is 0 Å². The molecule has 0 amide bonds. The van der Waals surface area contributed by atoms with Crippen LogP contribution in [0.15, 0.2) is 34.9 Å². The molecule has 0 aliphatic carbocycles. The first-order chi connectivity index (χ1) is 6.92. The number of para-hydroxylation sites is 1. The Bertz CT molecular complexity index is 485. The summed E-state index contributed by atoms with van der Waals surface area (Å²) in [6.45, 7) is 0.1000. The predicted molar refractivity (Wildman–Crippen MR) is 54.8 cm³/mol. The van der Waals surface area contributed by atoms with E-state index in [1.54, 1.807) is 6.26 Å². The van der Waals surface area contributed by atoms with Crippen LogP contribution in [0.5, 0.6) is 0 Å². The molecule has 0 aliphatic rings. The molecule has 2 nitrogen and oxygen atoms in total. The topological polar surface area (TPSA) is 33.4 Å². The van der Waals surface area contributed by atoms with Crippen molar-refractivity contribution in [3.05, 3.63) is 36.1 Å². The fourth-order valence-corrected chi connectivity index (χ4v) is 1.29. The summed E-state index contributed by atoms with van der Waals surface area (Å²) in [5, 5.41) is 9.61. The Morgan fingerprint density at radius 1 is 1.29 bits per heavy atom. The molecular formula is C12H10O2. The Morgan fingerprint density at radius 3 is 3.00 bits per heavy atom. The van der Waals surface area contributed by atoms with Gasteiger partial charge in [-0.25, -0.2) is 0 Å². The van der Waals surface area contributed by atoms with Gasteiger partial charge in [-0.15, -0.1) is 0 Å². The first kappa shape index (κ1) is 8.86. The van der Waals surface area contributed by atoms with E-state index in [0.29, 0.717) is 6.42 Å². The van der Waals surface area contributed by atoms with E-state index in [1.165, 1.54) is 0 Å². The van der Waals surface area contributed by atoms with Gasteiger partial charge in [-0.05, 0) is 12.1 Å². The second-order valence-electron chi connectivity index (χ2n) is 2.92. The molecule has 2 rings (SSSR count). The summed E-state index contributed by atoms with van der Waals surface area (Å²) in [5.41, 5.74) is 1.73. The molecule has 1 heterocycles. The minimum atomic E-state index is 0.1000. The second-order valence-corrected chi connectivity index (χ2v) is 2.92. The third-order valence-corrected chi connectivity index (χ3v) is 1.94. The van der Waals surface area contributed by atoms with Crippen LogP contribution in [0.3, 0.4) is 0 Å². The molecule has 1 aromatic carbocycles. The molecular weight excluding hydrogens is 176 g/mol. The Labute approximate surface area is 82.2 Å². The SMILES string of the molecule is OCCC#Cc1coc2ccccc12. The maximum Gasteiger partial charge on any atom is 0.135 e. The van der Waals surface area contributed by atoms with Gasteiger partial charge in [-0.1, -0.05) is 24.0 Å². The van der Waals surface area contributed by atoms with Gasteiger partial charge in [-0.3, -0.25) is 0 Å². The maximum atomic E-state index is 8.58. The minimum Gasteiger partial charge on any atom is -0.463 e. The van der Waals surface area contributed by atoms with E-state index in [9.17, 15) is 0 Å². The lowest BCUT2D eigenvalue weighted by Gasteiger charge is -1.85. The third-order valence-electron chi connectivity index (χ3n) is 1.94. The molecule has 0 atom stereocenters. The van der Waals surface area contributed by atoms with Crippen LogP contribution in [0.25, 0.3) is 11.0 Å². The molecule has 70 valence electrons. The van der Waals surface area contributed by atoms with Crippen molar-refractivity contribution in [1.29, 1.82) is 0 Å². The highest BCUT2D eigenvalue weighted by Crippen LogP contribution is 2.19. The summed E-state index contributed by atoms with van der Waals surface area (Å²) in [6.07, 6.45) is 2.15. The molecule has 0 saturated heterocycles. The number of rotatable bonds is 1. The van der Waals surface area contributed by atoms with E-state index in [0.717, 1.165) is 16.5 Å². The smallest absolute Gasteiger partial charge is 0.135 e. The van der Waals surface area contributed by atoms with E-state index in [1.807, 2.05) is 24.3 Å². The van der Waals surface area contributed by atoms with E-state index >= 15 is 0 Å². The fourth-order valence-electron chi connectivity index (χ4n) is 1.29. The Hall–Kier alpha value is -1.72. The summed E-state index contributed by atoms with van der Waals surface area (Å²) in [7, 11) is 0. The highest BCUT2D eigenvalue weighted by atomic mass is 16.3. The average Bonchev–Trinajstić information content (AvgIpc) is 2.63. The van der Waals surface area contributed by atoms with Crippen LogP contribution in [0, 0.1) is 11.8 Å². The van der Waals surface area contributed by atoms with Crippen molar-refractivity contribution < 1.29 is 9.52 Å². The molecule has 2 heteroatoms. The van der Waals surface area contributed by atoms with Crippen LogP contribution in [0.1, 0.15) is 12.0 Å². The first-order valence-corrected chi connectivity index (χ1v) is 4.48. The van der Waals surface area contributed by atoms with Crippen molar-refractivity contribution in [2.45, 2.75) is 6.42 Å². The number of hydrogen-bond acceptors (Lipinski definition) is 2. The summed E-state index contributed by atoms with van der Waals surface area (Å²) >= 11 is 0. The van der Waals surface area contributed by atoms with E-state index < -0.39 is 0 Å². The molecule has 0 spiro atoms. The van der Waals surface area contributed by atoms with Gasteiger partial charge in [0.25, 0.3) is 0 Å². The van der Waals surface area contributed by atoms with Gasteiger partial charge in [0.2, 0.25) is 0 Å². The number of furan rings is 1. The van der Waals surface area contributed by atoms with Gasteiger partial charge in [0, 0.05) is 11.8 Å². The second kappa shape index (κ2) is 3.99. The summed E-state index contributed by atoms with van der Waals surface area (Å²) in [5.74, 6) is 5.83. The van der Waals surface area contributed by atoms with Gasteiger partial charge < -0.3 is 9.52 Å². The molecule has 0 radical (unpaired) electrons. The zero-order valence-corrected chi connectivity index (χ0v) is 7.66. The van der Waals surface area contributed by atoms with Crippen LogP contribution in [0.2, 0.25) is 0 Å². The van der Waals surface area contributed by atoms with Gasteiger partial charge in [0.05, 0.1) is 12.2 Å². The largest absolute Gasteiger partial charge is 0.463 e. The molecule has 0 aliphatic heterocycles. The molecule has 2 aromatic rings. The number of hydrogen-bond donors (Lipinski definition) is 1. The summed E-state index contributed by atoms with van der Waals surface area (Å²) in [6, 6.07) is 7.76. The lowest BCUT2D eigenvalue weighted by atomic mass is 10.2. The monoisotopic (exact) mass is 186 g/mol. The molecule has 14 heavy (non-hydrogen) atoms. The van der Waals surface area contributed by atoms with E-state index in [-0.39, 0.29) is 6.61 Å². The molecule has 1 N–H and O–H groups in total. The Kier molecular flexibility index (Phi) is 2.53. The molecule has 1 aromatic heterocycles. The lowest BCUT2D eigenvalue weighted by Crippen LogP contribution is -1.76. The number of fused-ring (bicyclic) bond motifs is 1. The normalized spacial score (nSPS) is 9.79. The van der Waals surface area contributed by atoms with Gasteiger partial charge >= 0.3 is 0 Å². The molecule has 0 saturated carbocycles. The highest BCUT2D eigenvalue weighted by molar-refractivity contribution is 5.83. The van der Waals surface area contributed by atoms with E-state index in [4.69, 9.17) is 9.52 Å². The lowest BCUT2D eigenvalue weighted by molar-refractivity contribution is 0.305. The highest BCUT2D eigenvalue weighted by Gasteiger charge is 2.00. The molecule has 0 bridgehead atoms. The summed E-state index contributed by atoms with van der Waals surface area (Å²) in [4.78, 5) is 0. The van der Waals surface area contributed by atoms with Crippen LogP contribution >= 0.6 is 0 Å². The van der Waals surface area contributed by atoms with Crippen LogP contribution in [-0.4, -0.2) is 11.7 Å². The zero-order chi connectivity index (χ0) is 9.80. The third kappa shape index (κ3) is 1.63. The Balaban J connectivity index is 2.40. The first-order valence-electron chi connectivity index (χ1n) is 4.48. The van der Waals surface area contributed by atoms with Crippen molar-refractivity contribution in [1.82, 2.24) is 0 Å². The number of aliphatic hydroxyl groups excluding tert-OH is 1. The van der Waals surface area contributed by atoms with Crippen molar-refractivity contribution >= 4 is 11.0 Å². The van der Waals surface area contributed by atoms with Crippen molar-refractivity contribution in [2.24, 2.45) is 0 Å². The van der Waals surface area contributed by atoms with Gasteiger partial charge in [-0.2, -0.15) is 0 Å². The maximum absolute atomic E-state index is 8.58. The zero-order valence-electron chi connectivity index (χ0n) is 7.66. The summed E-state index contributed by atoms with van der Waals surface area (Å²) < 4.78 is 5.31. The number of aliphatic hydroxyl groups is 1. The van der Waals surface area contributed by atoms with Crippen molar-refractivity contribution in [3.8, 4) is 11.8 Å². The van der Waals surface area contributed by atoms with Gasteiger partial charge in [0.1, 0.15) is 11.8 Å². The van der Waals surface area contributed by atoms with Crippen molar-refractivity contribution in [3.63, 3.8) is 0 Å². The van der Waals surface area contributed by atoms with Gasteiger partial charge in [0.15, 0.2) is 0 Å². The van der Waals surface area contributed by atoms with Crippen LogP contribution in [-0.2, 0) is 0 Å². The fraction of sp³-hybridized carbons (Fsp3) is 0.167. The quantitative estimate of drug-likeness (QED) is 0.692. The minimum absolute atomic E-state index is 0.1000. The number of benzene rings is 1. The standard InChI is InChI=1S/C12H10O2/c13-8-4-3-5-10-9-14-12-7-2-1-6-11(10)12/h1-2,6-7,9,13H,4,8H2. The molecule has 0 fully saturated rings.